The van der Waals surface area contributed by atoms with Gasteiger partial charge in [0, 0.05) is 6.08 Å². The molecule has 1 unspecified atom stereocenters. The predicted molar refractivity (Wildman–Crippen MR) is 71.2 cm³/mol. The fraction of sp³-hybridized carbons (Fsp3) is 0.182. The third kappa shape index (κ3) is 5.31. The van der Waals surface area contributed by atoms with Gasteiger partial charge in [-0.1, -0.05) is 11.6 Å². The summed E-state index contributed by atoms with van der Waals surface area (Å²) >= 11 is 14.3. The number of hydrogen-bond acceptors (Lipinski definition) is 4. The molecule has 5 nitrogen and oxygen atoms in total. The molecule has 12 heteroatoms. The van der Waals surface area contributed by atoms with E-state index in [1.165, 1.54) is 6.20 Å². The van der Waals surface area contributed by atoms with E-state index in [1.54, 1.807) is 12.2 Å². The van der Waals surface area contributed by atoms with Crippen LogP contribution in [0.2, 0.25) is 0 Å². The summed E-state index contributed by atoms with van der Waals surface area (Å²) in [6.45, 7) is 0. The number of carbonyl (C=O) groups is 2. The molecule has 0 bridgehead atoms. The molecule has 2 rings (SSSR count). The van der Waals surface area contributed by atoms with Crippen LogP contribution in [0.3, 0.4) is 0 Å². The van der Waals surface area contributed by atoms with Gasteiger partial charge in [-0.15, -0.1) is 0 Å². The lowest BCUT2D eigenvalue weighted by molar-refractivity contribution is -0.691. The van der Waals surface area contributed by atoms with Crippen LogP contribution in [-0.4, -0.2) is 28.4 Å². The number of ketones is 1. The molecule has 0 saturated heterocycles. The van der Waals surface area contributed by atoms with E-state index in [0.717, 1.165) is 6.20 Å². The average Bonchev–Trinajstić information content (AvgIpc) is 2.79. The normalized spacial score (nSPS) is 19.8. The number of hydrogen-bond donors (Lipinski definition) is 1. The maximum Gasteiger partial charge on any atom is 0.390 e. The summed E-state index contributed by atoms with van der Waals surface area (Å²) in [6, 6.07) is 0. The van der Waals surface area contributed by atoms with E-state index in [1.807, 2.05) is 0 Å². The van der Waals surface area contributed by atoms with Crippen molar-refractivity contribution in [1.29, 1.82) is 0 Å². The zero-order valence-corrected chi connectivity index (χ0v) is 12.9. The number of allylic oxidation sites excluding steroid dienone is 3. The molecule has 0 aromatic carbocycles. The largest absolute Gasteiger partial charge is 0.543 e. The number of nitrogens with zero attached hydrogens (tertiary/aromatic N) is 1. The predicted octanol–water partition coefficient (Wildman–Crippen LogP) is 0.743. The Morgan fingerprint density at radius 2 is 1.65 bits per heavy atom. The van der Waals surface area contributed by atoms with E-state index < -0.39 is 22.5 Å². The summed E-state index contributed by atoms with van der Waals surface area (Å²) in [4.78, 5) is 24.4. The maximum atomic E-state index is 12.7. The van der Waals surface area contributed by atoms with Crippen LogP contribution in [0, 0.1) is 0 Å². The molecule has 0 amide bonds. The van der Waals surface area contributed by atoms with Crippen molar-refractivity contribution in [3.63, 3.8) is 0 Å². The molecular weight excluding hydrogens is 390 g/mol. The Labute approximate surface area is 141 Å². The zero-order valence-electron chi connectivity index (χ0n) is 10.6. The van der Waals surface area contributed by atoms with E-state index >= 15 is 0 Å². The number of aliphatic carboxylic acids is 1. The van der Waals surface area contributed by atoms with Gasteiger partial charge in [-0.2, -0.15) is 22.6 Å². The number of carboxylic acids is 1. The van der Waals surface area contributed by atoms with E-state index in [4.69, 9.17) is 21.5 Å². The Bertz CT molecular complexity index is 648. The van der Waals surface area contributed by atoms with E-state index in [9.17, 15) is 22.4 Å². The Hall–Kier alpha value is -1.42. The minimum atomic E-state index is -4.22. The summed E-state index contributed by atoms with van der Waals surface area (Å²) < 4.78 is 47.2. The molecule has 1 atom stereocenters. The van der Waals surface area contributed by atoms with E-state index in [-0.39, 0.29) is 10.6 Å². The Morgan fingerprint density at radius 1 is 1.13 bits per heavy atom. The van der Waals surface area contributed by atoms with Crippen LogP contribution >= 0.6 is 34.8 Å². The van der Waals surface area contributed by atoms with Gasteiger partial charge in [-0.25, -0.2) is 4.90 Å². The standard InChI is InChI=1S/C9H4Cl2F2N2O.C2HClF2O2/c10-5-1-2-7-14-3-6(15(7)4-5)8(16)9(11,12)13;3-2(4,5)1(6)7/h1-4H;(H,6,7). The van der Waals surface area contributed by atoms with Crippen molar-refractivity contribution in [1.82, 2.24) is 0 Å². The summed E-state index contributed by atoms with van der Waals surface area (Å²) in [5, 5.41) is 1.22. The van der Waals surface area contributed by atoms with Gasteiger partial charge in [-0.05, 0) is 29.3 Å². The molecule has 0 saturated carbocycles. The van der Waals surface area contributed by atoms with Gasteiger partial charge >= 0.3 is 16.5 Å². The second kappa shape index (κ2) is 7.00. The topological polar surface area (TPSA) is 74.0 Å². The molecule has 0 radical (unpaired) electrons. The van der Waals surface area contributed by atoms with Gasteiger partial charge in [0.25, 0.3) is 0 Å². The molecule has 0 fully saturated rings. The Balaban J connectivity index is 0.000000322. The molecular formula is C11H5Cl3F4N2O3. The van der Waals surface area contributed by atoms with Crippen molar-refractivity contribution < 1.29 is 37.2 Å². The number of fused-ring (bicyclic) bond motifs is 1. The molecule has 0 spiro atoms. The van der Waals surface area contributed by atoms with E-state index in [0.29, 0.717) is 10.9 Å². The number of amidine groups is 1. The number of nitrogens with one attached hydrogen (secondary N) is 1. The van der Waals surface area contributed by atoms with Gasteiger partial charge < -0.3 is 9.90 Å². The fourth-order valence-electron chi connectivity index (χ4n) is 1.37. The fourth-order valence-corrected chi connectivity index (χ4v) is 1.65. The zero-order chi connectivity index (χ0) is 18.0. The van der Waals surface area contributed by atoms with Crippen LogP contribution < -0.4 is 10.0 Å². The Morgan fingerprint density at radius 3 is 2.09 bits per heavy atom. The minimum Gasteiger partial charge on any atom is -0.543 e. The minimum absolute atomic E-state index is 0.225. The van der Waals surface area contributed by atoms with Gasteiger partial charge in [0.2, 0.25) is 11.5 Å². The molecule has 2 heterocycles. The lowest BCUT2D eigenvalue weighted by atomic mass is 10.2. The Kier molecular flexibility index (Phi) is 5.97. The third-order valence-corrected chi connectivity index (χ3v) is 2.88. The molecule has 1 N–H and O–H groups in total. The first-order chi connectivity index (χ1) is 10.3. The number of Topliss-reactive ketones (excluding diaryl/α,β-unsaturated/α-hetero) is 1. The highest BCUT2D eigenvalue weighted by Gasteiger charge is 2.45. The average molecular weight is 396 g/mol. The monoisotopic (exact) mass is 394 g/mol. The number of aliphatic imine (C=N–C) groups is 1. The van der Waals surface area contributed by atoms with Gasteiger partial charge in [0.05, 0.1) is 11.2 Å². The summed E-state index contributed by atoms with van der Waals surface area (Å²) in [7, 11) is 0. The van der Waals surface area contributed by atoms with Crippen LogP contribution in [-0.2, 0) is 9.59 Å². The number of rotatable bonds is 3. The van der Waals surface area contributed by atoms with Crippen molar-refractivity contribution in [2.45, 2.75) is 10.8 Å². The maximum absolute atomic E-state index is 12.7. The van der Waals surface area contributed by atoms with Gasteiger partial charge in [0.1, 0.15) is 12.2 Å². The highest BCUT2D eigenvalue weighted by atomic mass is 35.5. The molecule has 0 aromatic heterocycles. The molecule has 23 heavy (non-hydrogen) atoms. The molecule has 2 aliphatic rings. The molecule has 2 aliphatic heterocycles. The number of alkyl halides is 6. The van der Waals surface area contributed by atoms with Crippen molar-refractivity contribution in [2.75, 3.05) is 0 Å². The van der Waals surface area contributed by atoms with Crippen molar-refractivity contribution in [3.8, 4) is 0 Å². The van der Waals surface area contributed by atoms with Crippen LogP contribution in [0.15, 0.2) is 40.3 Å². The number of carbonyl (C=O) groups excluding carboxylic acids is 2. The third-order valence-electron chi connectivity index (χ3n) is 2.32. The summed E-state index contributed by atoms with van der Waals surface area (Å²) in [6.07, 6.45) is 5.57. The molecule has 126 valence electrons. The highest BCUT2D eigenvalue weighted by molar-refractivity contribution is 6.35. The van der Waals surface area contributed by atoms with Crippen LogP contribution in [0.4, 0.5) is 17.6 Å². The van der Waals surface area contributed by atoms with Crippen molar-refractivity contribution in [3.05, 3.63) is 35.3 Å². The van der Waals surface area contributed by atoms with Crippen LogP contribution in [0.1, 0.15) is 0 Å². The lowest BCUT2D eigenvalue weighted by Gasteiger charge is -2.14. The first-order valence-electron chi connectivity index (χ1n) is 5.44. The molecule has 0 aliphatic carbocycles. The van der Waals surface area contributed by atoms with Crippen LogP contribution in [0.25, 0.3) is 0 Å². The van der Waals surface area contributed by atoms with E-state index in [2.05, 4.69) is 28.2 Å². The van der Waals surface area contributed by atoms with Gasteiger partial charge in [-0.3, -0.25) is 4.79 Å². The van der Waals surface area contributed by atoms with Gasteiger partial charge in [0.15, 0.2) is 0 Å². The number of carboxylic acid groups (broad SMARTS) is 1. The lowest BCUT2D eigenvalue weighted by Crippen LogP contribution is -3.08. The quantitative estimate of drug-likeness (QED) is 0.566. The second-order valence-electron chi connectivity index (χ2n) is 3.95. The van der Waals surface area contributed by atoms with Crippen molar-refractivity contribution in [2.24, 2.45) is 4.99 Å². The number of quaternary nitrogens is 1. The summed E-state index contributed by atoms with van der Waals surface area (Å²) in [5.41, 5.74) is -0.225. The smallest absolute Gasteiger partial charge is 0.390 e. The van der Waals surface area contributed by atoms with Crippen molar-refractivity contribution >= 4 is 52.4 Å². The van der Waals surface area contributed by atoms with Crippen LogP contribution in [0.5, 0.6) is 0 Å². The molecule has 0 aromatic rings. The summed E-state index contributed by atoms with van der Waals surface area (Å²) in [5.74, 6) is -3.62. The first-order valence-corrected chi connectivity index (χ1v) is 6.58. The SMILES string of the molecule is O=C(C1=CN=C2C=CC(Cl)=C[NH+]12)C(F)(F)Cl.O=C([O-])C(F)(F)Cl. The highest BCUT2D eigenvalue weighted by Crippen LogP contribution is 2.23. The number of halogens is 7. The first kappa shape index (κ1) is 19.6. The second-order valence-corrected chi connectivity index (χ2v) is 5.33.